The second-order valence-electron chi connectivity index (χ2n) is 7.06. The molecule has 3 N–H and O–H groups in total. The zero-order chi connectivity index (χ0) is 21.4. The summed E-state index contributed by atoms with van der Waals surface area (Å²) in [6, 6.07) is 28.7. The minimum absolute atomic E-state index is 0.102. The number of methoxy groups -OCH3 is 1. The van der Waals surface area contributed by atoms with Gasteiger partial charge in [-0.3, -0.25) is 9.59 Å². The third kappa shape index (κ3) is 4.58. The highest BCUT2D eigenvalue weighted by Crippen LogP contribution is 2.36. The predicted octanol–water partition coefficient (Wildman–Crippen LogP) is 3.38. The molecule has 5 heteroatoms. The Bertz CT molecular complexity index is 863. The Morgan fingerprint density at radius 2 is 1.23 bits per heavy atom. The SMILES string of the molecule is COC(=O)[C@@H](N)CCC(=O)NC(c1ccccc1)(c1ccccc1)c1ccccc1. The van der Waals surface area contributed by atoms with E-state index in [2.05, 4.69) is 10.1 Å². The van der Waals surface area contributed by atoms with Crippen molar-refractivity contribution >= 4 is 11.9 Å². The van der Waals surface area contributed by atoms with Crippen molar-refractivity contribution in [1.29, 1.82) is 0 Å². The van der Waals surface area contributed by atoms with E-state index in [9.17, 15) is 9.59 Å². The highest BCUT2D eigenvalue weighted by atomic mass is 16.5. The van der Waals surface area contributed by atoms with Crippen LogP contribution in [0.25, 0.3) is 0 Å². The van der Waals surface area contributed by atoms with E-state index in [0.717, 1.165) is 16.7 Å². The number of nitrogens with one attached hydrogen (secondary N) is 1. The van der Waals surface area contributed by atoms with Crippen LogP contribution in [-0.4, -0.2) is 25.0 Å². The van der Waals surface area contributed by atoms with Gasteiger partial charge in [0.2, 0.25) is 5.91 Å². The summed E-state index contributed by atoms with van der Waals surface area (Å²) < 4.78 is 4.66. The van der Waals surface area contributed by atoms with Gasteiger partial charge >= 0.3 is 5.97 Å². The molecule has 0 bridgehead atoms. The van der Waals surface area contributed by atoms with Gasteiger partial charge in [0.1, 0.15) is 11.6 Å². The van der Waals surface area contributed by atoms with Gasteiger partial charge in [-0.05, 0) is 23.1 Å². The summed E-state index contributed by atoms with van der Waals surface area (Å²) in [6.07, 6.45) is 0.303. The van der Waals surface area contributed by atoms with Crippen LogP contribution in [0.5, 0.6) is 0 Å². The van der Waals surface area contributed by atoms with E-state index in [0.29, 0.717) is 0 Å². The Hall–Kier alpha value is -3.44. The Morgan fingerprint density at radius 1 is 0.833 bits per heavy atom. The molecule has 1 atom stereocenters. The zero-order valence-corrected chi connectivity index (χ0v) is 17.0. The molecule has 1 amide bonds. The molecule has 0 aliphatic heterocycles. The topological polar surface area (TPSA) is 81.4 Å². The van der Waals surface area contributed by atoms with E-state index in [1.807, 2.05) is 91.0 Å². The van der Waals surface area contributed by atoms with Crippen LogP contribution in [-0.2, 0) is 19.9 Å². The number of nitrogens with two attached hydrogens (primary N) is 1. The van der Waals surface area contributed by atoms with Crippen molar-refractivity contribution in [3.05, 3.63) is 108 Å². The van der Waals surface area contributed by atoms with Crippen molar-refractivity contribution in [2.45, 2.75) is 24.4 Å². The van der Waals surface area contributed by atoms with Crippen molar-refractivity contribution in [1.82, 2.24) is 5.32 Å². The van der Waals surface area contributed by atoms with Crippen molar-refractivity contribution < 1.29 is 14.3 Å². The highest BCUT2D eigenvalue weighted by Gasteiger charge is 2.37. The Balaban J connectivity index is 2.03. The summed E-state index contributed by atoms with van der Waals surface area (Å²) in [4.78, 5) is 24.7. The lowest BCUT2D eigenvalue weighted by atomic mass is 9.77. The first-order chi connectivity index (χ1) is 14.6. The predicted molar refractivity (Wildman–Crippen MR) is 117 cm³/mol. The van der Waals surface area contributed by atoms with Gasteiger partial charge < -0.3 is 15.8 Å². The number of carbonyl (C=O) groups is 2. The minimum atomic E-state index is -0.879. The molecule has 0 aromatic heterocycles. The lowest BCUT2D eigenvalue weighted by Gasteiger charge is -2.37. The molecule has 3 aromatic rings. The van der Waals surface area contributed by atoms with E-state index in [1.54, 1.807) is 0 Å². The maximum Gasteiger partial charge on any atom is 0.322 e. The second kappa shape index (κ2) is 9.85. The summed E-state index contributed by atoms with van der Waals surface area (Å²) in [5, 5.41) is 3.25. The standard InChI is InChI=1S/C25H26N2O3/c1-30-24(29)22(26)17-18-23(28)27-25(19-11-5-2-6-12-19,20-13-7-3-8-14-20)21-15-9-4-10-16-21/h2-16,22H,17-18,26H2,1H3,(H,27,28)/t22-/m0/s1. The zero-order valence-electron chi connectivity index (χ0n) is 17.0. The van der Waals surface area contributed by atoms with Gasteiger partial charge in [-0.1, -0.05) is 91.0 Å². The number of hydrogen-bond donors (Lipinski definition) is 2. The molecule has 0 heterocycles. The van der Waals surface area contributed by atoms with Gasteiger partial charge in [-0.25, -0.2) is 0 Å². The molecule has 154 valence electrons. The summed E-state index contributed by atoms with van der Waals surface area (Å²) in [5.41, 5.74) is 7.75. The van der Waals surface area contributed by atoms with Crippen LogP contribution in [0.1, 0.15) is 29.5 Å². The normalized spacial score (nSPS) is 12.1. The number of benzene rings is 3. The van der Waals surface area contributed by atoms with Crippen molar-refractivity contribution in [3.8, 4) is 0 Å². The maximum absolute atomic E-state index is 13.1. The van der Waals surface area contributed by atoms with Crippen molar-refractivity contribution in [2.75, 3.05) is 7.11 Å². The first-order valence-corrected chi connectivity index (χ1v) is 9.89. The molecule has 30 heavy (non-hydrogen) atoms. The molecule has 0 saturated carbocycles. The van der Waals surface area contributed by atoms with Crippen LogP contribution in [0.15, 0.2) is 91.0 Å². The van der Waals surface area contributed by atoms with Crippen LogP contribution in [0.3, 0.4) is 0 Å². The second-order valence-corrected chi connectivity index (χ2v) is 7.06. The molecule has 0 unspecified atom stereocenters. The van der Waals surface area contributed by atoms with Crippen molar-refractivity contribution in [3.63, 3.8) is 0 Å². The smallest absolute Gasteiger partial charge is 0.322 e. The van der Waals surface area contributed by atoms with Crippen LogP contribution < -0.4 is 11.1 Å². The quantitative estimate of drug-likeness (QED) is 0.447. The summed E-state index contributed by atoms with van der Waals surface area (Å²) >= 11 is 0. The van der Waals surface area contributed by atoms with Gasteiger partial charge in [0.25, 0.3) is 0 Å². The molecule has 0 saturated heterocycles. The molecule has 3 rings (SSSR count). The van der Waals surface area contributed by atoms with Gasteiger partial charge in [0.05, 0.1) is 7.11 Å². The third-order valence-electron chi connectivity index (χ3n) is 5.13. The molecular weight excluding hydrogens is 376 g/mol. The molecule has 0 fully saturated rings. The summed E-state index contributed by atoms with van der Waals surface area (Å²) in [6.45, 7) is 0. The Morgan fingerprint density at radius 3 is 1.60 bits per heavy atom. The van der Waals surface area contributed by atoms with E-state index >= 15 is 0 Å². The van der Waals surface area contributed by atoms with Gasteiger partial charge in [0.15, 0.2) is 0 Å². The number of carbonyl (C=O) groups excluding carboxylic acids is 2. The molecule has 0 aliphatic rings. The van der Waals surface area contributed by atoms with Crippen LogP contribution >= 0.6 is 0 Å². The third-order valence-corrected chi connectivity index (χ3v) is 5.13. The molecule has 5 nitrogen and oxygen atoms in total. The minimum Gasteiger partial charge on any atom is -0.468 e. The average molecular weight is 402 g/mol. The monoisotopic (exact) mass is 402 g/mol. The Labute approximate surface area is 176 Å². The molecule has 0 aliphatic carbocycles. The number of rotatable bonds is 8. The van der Waals surface area contributed by atoms with Crippen molar-refractivity contribution in [2.24, 2.45) is 5.73 Å². The Kier molecular flexibility index (Phi) is 6.99. The fourth-order valence-corrected chi connectivity index (χ4v) is 3.61. The van der Waals surface area contributed by atoms with Gasteiger partial charge in [-0.15, -0.1) is 0 Å². The van der Waals surface area contributed by atoms with Crippen LogP contribution in [0.4, 0.5) is 0 Å². The first-order valence-electron chi connectivity index (χ1n) is 9.89. The largest absolute Gasteiger partial charge is 0.468 e. The number of esters is 1. The number of ether oxygens (including phenoxy) is 1. The van der Waals surface area contributed by atoms with E-state index in [-0.39, 0.29) is 18.7 Å². The number of hydrogen-bond acceptors (Lipinski definition) is 4. The van der Waals surface area contributed by atoms with Crippen LogP contribution in [0, 0.1) is 0 Å². The molecule has 0 spiro atoms. The van der Waals surface area contributed by atoms with Gasteiger partial charge in [-0.2, -0.15) is 0 Å². The van der Waals surface area contributed by atoms with E-state index in [4.69, 9.17) is 5.73 Å². The lowest BCUT2D eigenvalue weighted by molar-refractivity contribution is -0.142. The highest BCUT2D eigenvalue weighted by molar-refractivity contribution is 5.81. The van der Waals surface area contributed by atoms with E-state index < -0.39 is 17.6 Å². The van der Waals surface area contributed by atoms with E-state index in [1.165, 1.54) is 7.11 Å². The first kappa shape index (κ1) is 21.3. The molecule has 0 radical (unpaired) electrons. The fraction of sp³-hybridized carbons (Fsp3) is 0.200. The van der Waals surface area contributed by atoms with Gasteiger partial charge in [0, 0.05) is 6.42 Å². The average Bonchev–Trinajstić information content (AvgIpc) is 2.82. The molecule has 3 aromatic carbocycles. The fourth-order valence-electron chi connectivity index (χ4n) is 3.61. The summed E-state index contributed by atoms with van der Waals surface area (Å²) in [5.74, 6) is -0.728. The lowest BCUT2D eigenvalue weighted by Crippen LogP contribution is -2.48. The van der Waals surface area contributed by atoms with Crippen LogP contribution in [0.2, 0.25) is 0 Å². The maximum atomic E-state index is 13.1. The summed E-state index contributed by atoms with van der Waals surface area (Å²) in [7, 11) is 1.29. The molecular formula is C25H26N2O3. The number of amides is 1.